The minimum absolute atomic E-state index is 0.0575. The molecule has 1 amide bonds. The van der Waals surface area contributed by atoms with E-state index in [1.165, 1.54) is 5.56 Å². The van der Waals surface area contributed by atoms with E-state index >= 15 is 0 Å². The van der Waals surface area contributed by atoms with Crippen LogP contribution in [0.15, 0.2) is 29.4 Å². The van der Waals surface area contributed by atoms with Gasteiger partial charge in [0, 0.05) is 18.7 Å². The SMILES string of the molecule is Cc1cccc(/C=N/Nc2nc3c(c(N4CCOCC4)n2)CN(C(=O)C(N)C(C)C)C3)c1. The molecule has 1 aromatic carbocycles. The van der Waals surface area contributed by atoms with Gasteiger partial charge in [0.1, 0.15) is 5.82 Å². The van der Waals surface area contributed by atoms with E-state index in [4.69, 9.17) is 15.5 Å². The molecule has 4 rings (SSSR count). The first kappa shape index (κ1) is 22.2. The predicted molar refractivity (Wildman–Crippen MR) is 125 cm³/mol. The molecule has 1 atom stereocenters. The number of hydrogen-bond acceptors (Lipinski definition) is 8. The highest BCUT2D eigenvalue weighted by atomic mass is 16.5. The highest BCUT2D eigenvalue weighted by Crippen LogP contribution is 2.31. The molecule has 3 heterocycles. The Hall–Kier alpha value is -3.04. The fourth-order valence-corrected chi connectivity index (χ4v) is 3.89. The second-order valence-corrected chi connectivity index (χ2v) is 8.64. The van der Waals surface area contributed by atoms with E-state index in [-0.39, 0.29) is 11.8 Å². The van der Waals surface area contributed by atoms with Crippen molar-refractivity contribution in [2.45, 2.75) is 39.9 Å². The van der Waals surface area contributed by atoms with Crippen molar-refractivity contribution in [3.8, 4) is 0 Å². The molecule has 0 aliphatic carbocycles. The van der Waals surface area contributed by atoms with Gasteiger partial charge in [0.2, 0.25) is 11.9 Å². The Kier molecular flexibility index (Phi) is 6.66. The number of fused-ring (bicyclic) bond motifs is 1. The lowest BCUT2D eigenvalue weighted by atomic mass is 10.0. The van der Waals surface area contributed by atoms with Crippen LogP contribution in [0.25, 0.3) is 0 Å². The number of rotatable bonds is 6. The van der Waals surface area contributed by atoms with Gasteiger partial charge in [-0.1, -0.05) is 43.7 Å². The molecule has 170 valence electrons. The van der Waals surface area contributed by atoms with Crippen LogP contribution in [0.3, 0.4) is 0 Å². The Morgan fingerprint density at radius 3 is 2.75 bits per heavy atom. The Balaban J connectivity index is 1.58. The maximum atomic E-state index is 12.9. The summed E-state index contributed by atoms with van der Waals surface area (Å²) in [7, 11) is 0. The molecule has 0 radical (unpaired) electrons. The van der Waals surface area contributed by atoms with Gasteiger partial charge < -0.3 is 20.3 Å². The van der Waals surface area contributed by atoms with E-state index in [1.54, 1.807) is 11.1 Å². The lowest BCUT2D eigenvalue weighted by Crippen LogP contribution is -2.44. The summed E-state index contributed by atoms with van der Waals surface area (Å²) in [4.78, 5) is 26.2. The summed E-state index contributed by atoms with van der Waals surface area (Å²) in [5.41, 5.74) is 13.1. The van der Waals surface area contributed by atoms with E-state index < -0.39 is 6.04 Å². The van der Waals surface area contributed by atoms with Crippen molar-refractivity contribution < 1.29 is 9.53 Å². The summed E-state index contributed by atoms with van der Waals surface area (Å²) >= 11 is 0. The summed E-state index contributed by atoms with van der Waals surface area (Å²) in [6, 6.07) is 7.55. The van der Waals surface area contributed by atoms with Gasteiger partial charge in [0.05, 0.1) is 44.3 Å². The highest BCUT2D eigenvalue weighted by Gasteiger charge is 2.33. The van der Waals surface area contributed by atoms with Crippen molar-refractivity contribution >= 4 is 23.9 Å². The van der Waals surface area contributed by atoms with E-state index in [2.05, 4.69) is 26.5 Å². The molecule has 1 unspecified atom stereocenters. The number of nitrogens with two attached hydrogens (primary N) is 1. The number of nitrogens with one attached hydrogen (secondary N) is 1. The highest BCUT2D eigenvalue weighted by molar-refractivity contribution is 5.83. The summed E-state index contributed by atoms with van der Waals surface area (Å²) in [6.07, 6.45) is 1.75. The largest absolute Gasteiger partial charge is 0.378 e. The summed E-state index contributed by atoms with van der Waals surface area (Å²) in [5, 5.41) is 4.33. The zero-order valence-corrected chi connectivity index (χ0v) is 18.9. The van der Waals surface area contributed by atoms with Gasteiger partial charge >= 0.3 is 0 Å². The first-order valence-corrected chi connectivity index (χ1v) is 11.0. The van der Waals surface area contributed by atoms with Gasteiger partial charge in [-0.15, -0.1) is 0 Å². The summed E-state index contributed by atoms with van der Waals surface area (Å²) in [5.74, 6) is 1.26. The molecule has 0 bridgehead atoms. The van der Waals surface area contributed by atoms with Crippen molar-refractivity contribution in [1.29, 1.82) is 0 Å². The van der Waals surface area contributed by atoms with Crippen LogP contribution < -0.4 is 16.1 Å². The summed E-state index contributed by atoms with van der Waals surface area (Å²) < 4.78 is 5.51. The third kappa shape index (κ3) is 4.89. The predicted octanol–water partition coefficient (Wildman–Crippen LogP) is 1.89. The van der Waals surface area contributed by atoms with E-state index in [9.17, 15) is 4.79 Å². The fraction of sp³-hybridized carbons (Fsp3) is 0.478. The lowest BCUT2D eigenvalue weighted by Gasteiger charge is -2.29. The molecule has 1 saturated heterocycles. The molecular formula is C23H31N7O2. The molecule has 1 fully saturated rings. The molecule has 9 nitrogen and oxygen atoms in total. The molecule has 2 aliphatic rings. The van der Waals surface area contributed by atoms with Crippen LogP contribution in [0.4, 0.5) is 11.8 Å². The minimum atomic E-state index is -0.527. The number of aryl methyl sites for hydroxylation is 1. The van der Waals surface area contributed by atoms with Crippen LogP contribution in [0.1, 0.15) is 36.2 Å². The number of carbonyl (C=O) groups excluding carboxylic acids is 1. The van der Waals surface area contributed by atoms with Gasteiger partial charge in [-0.05, 0) is 18.4 Å². The monoisotopic (exact) mass is 437 g/mol. The standard InChI is InChI=1S/C23H31N7O2/c1-15(2)20(24)22(31)30-13-18-19(14-30)26-23(27-21(18)29-7-9-32-10-8-29)28-25-12-17-6-4-5-16(3)11-17/h4-6,11-12,15,20H,7-10,13-14,24H2,1-3H3,(H,26,27,28)/b25-12+. The van der Waals surface area contributed by atoms with E-state index in [1.807, 2.05) is 39.0 Å². The number of hydrazone groups is 1. The van der Waals surface area contributed by atoms with Gasteiger partial charge in [-0.3, -0.25) is 4.79 Å². The van der Waals surface area contributed by atoms with Crippen molar-refractivity contribution in [1.82, 2.24) is 14.9 Å². The van der Waals surface area contributed by atoms with E-state index in [0.717, 1.165) is 35.7 Å². The Labute approximate surface area is 188 Å². The van der Waals surface area contributed by atoms with Crippen LogP contribution in [0.2, 0.25) is 0 Å². The Morgan fingerprint density at radius 2 is 2.03 bits per heavy atom. The molecule has 32 heavy (non-hydrogen) atoms. The molecule has 1 aromatic heterocycles. The third-order valence-electron chi connectivity index (χ3n) is 5.81. The number of anilines is 2. The Morgan fingerprint density at radius 1 is 1.25 bits per heavy atom. The van der Waals surface area contributed by atoms with Gasteiger partial charge in [0.25, 0.3) is 0 Å². The molecule has 2 aromatic rings. The average molecular weight is 438 g/mol. The zero-order valence-electron chi connectivity index (χ0n) is 18.9. The number of amides is 1. The molecule has 2 aliphatic heterocycles. The first-order chi connectivity index (χ1) is 15.4. The van der Waals surface area contributed by atoms with Crippen LogP contribution in [0, 0.1) is 12.8 Å². The number of benzene rings is 1. The molecule has 0 spiro atoms. The summed E-state index contributed by atoms with van der Waals surface area (Å²) in [6.45, 7) is 9.63. The first-order valence-electron chi connectivity index (χ1n) is 11.0. The van der Waals surface area contributed by atoms with E-state index in [0.29, 0.717) is 32.3 Å². The maximum Gasteiger partial charge on any atom is 0.245 e. The van der Waals surface area contributed by atoms with Crippen LogP contribution in [-0.2, 0) is 22.6 Å². The quantitative estimate of drug-likeness (QED) is 0.525. The number of morpholine rings is 1. The lowest BCUT2D eigenvalue weighted by molar-refractivity contribution is -0.134. The molecule has 9 heteroatoms. The normalized spacial score (nSPS) is 17.2. The minimum Gasteiger partial charge on any atom is -0.378 e. The smallest absolute Gasteiger partial charge is 0.245 e. The second-order valence-electron chi connectivity index (χ2n) is 8.64. The van der Waals surface area contributed by atoms with Gasteiger partial charge in [0.15, 0.2) is 0 Å². The number of aromatic nitrogens is 2. The van der Waals surface area contributed by atoms with Crippen LogP contribution >= 0.6 is 0 Å². The number of hydrogen-bond donors (Lipinski definition) is 2. The maximum absolute atomic E-state index is 12.9. The fourth-order valence-electron chi connectivity index (χ4n) is 3.89. The topological polar surface area (TPSA) is 109 Å². The number of carbonyl (C=O) groups is 1. The number of ether oxygens (including phenoxy) is 1. The van der Waals surface area contributed by atoms with Gasteiger partial charge in [-0.25, -0.2) is 10.4 Å². The molecule has 3 N–H and O–H groups in total. The Bertz CT molecular complexity index is 1000. The molecule has 0 saturated carbocycles. The zero-order chi connectivity index (χ0) is 22.7. The van der Waals surface area contributed by atoms with Crippen molar-refractivity contribution in [3.63, 3.8) is 0 Å². The number of nitrogens with zero attached hydrogens (tertiary/aromatic N) is 5. The average Bonchev–Trinajstić information content (AvgIpc) is 3.22. The van der Waals surface area contributed by atoms with Gasteiger partial charge in [-0.2, -0.15) is 10.1 Å². The van der Waals surface area contributed by atoms with Crippen molar-refractivity contribution in [2.75, 3.05) is 36.6 Å². The molecular weight excluding hydrogens is 406 g/mol. The van der Waals surface area contributed by atoms with Crippen LogP contribution in [-0.4, -0.2) is 59.3 Å². The second kappa shape index (κ2) is 9.62. The third-order valence-corrected chi connectivity index (χ3v) is 5.81. The van der Waals surface area contributed by atoms with Crippen LogP contribution in [0.5, 0.6) is 0 Å². The van der Waals surface area contributed by atoms with Crippen molar-refractivity contribution in [2.24, 2.45) is 16.8 Å². The van der Waals surface area contributed by atoms with Crippen molar-refractivity contribution in [3.05, 3.63) is 46.6 Å².